The van der Waals surface area contributed by atoms with Crippen LogP contribution in [-0.4, -0.2) is 49.3 Å². The summed E-state index contributed by atoms with van der Waals surface area (Å²) in [6.07, 6.45) is 36.4. The SMILES string of the molecule is CCCCC/C=C/C/C=C/CCCCCCCCCCCC(=O)OC[C@@H](COP(=O)(O)OCCN)OC(=O)CCCCCCCCCCC. The minimum absolute atomic E-state index is 0.0542. The molecule has 0 aromatic carbocycles. The van der Waals surface area contributed by atoms with Crippen molar-refractivity contribution < 1.29 is 37.6 Å². The first-order chi connectivity index (χ1) is 23.8. The van der Waals surface area contributed by atoms with Crippen LogP contribution in [-0.2, 0) is 32.7 Å². The Balaban J connectivity index is 4.10. The van der Waals surface area contributed by atoms with E-state index < -0.39 is 26.5 Å². The molecule has 0 bridgehead atoms. The maximum absolute atomic E-state index is 12.5. The molecular formula is C39H74NO8P. The first-order valence-corrected chi connectivity index (χ1v) is 21.3. The topological polar surface area (TPSA) is 134 Å². The van der Waals surface area contributed by atoms with Gasteiger partial charge in [0, 0.05) is 19.4 Å². The van der Waals surface area contributed by atoms with Gasteiger partial charge in [-0.25, -0.2) is 4.57 Å². The third-order valence-electron chi connectivity index (χ3n) is 8.34. The molecule has 49 heavy (non-hydrogen) atoms. The average Bonchev–Trinajstić information content (AvgIpc) is 3.08. The van der Waals surface area contributed by atoms with E-state index >= 15 is 0 Å². The fraction of sp³-hybridized carbons (Fsp3) is 0.846. The predicted octanol–water partition coefficient (Wildman–Crippen LogP) is 10.8. The van der Waals surface area contributed by atoms with Gasteiger partial charge < -0.3 is 20.1 Å². The van der Waals surface area contributed by atoms with E-state index in [1.165, 1.54) is 103 Å². The van der Waals surface area contributed by atoms with Gasteiger partial charge >= 0.3 is 19.8 Å². The Morgan fingerprint density at radius 2 is 1.06 bits per heavy atom. The summed E-state index contributed by atoms with van der Waals surface area (Å²) in [4.78, 5) is 34.6. The second-order valence-electron chi connectivity index (χ2n) is 13.2. The van der Waals surface area contributed by atoms with E-state index in [0.29, 0.717) is 6.42 Å². The number of nitrogens with two attached hydrogens (primary N) is 1. The lowest BCUT2D eigenvalue weighted by molar-refractivity contribution is -0.161. The Hall–Kier alpha value is -1.51. The number of phosphoric ester groups is 1. The zero-order valence-electron chi connectivity index (χ0n) is 31.4. The number of carbonyl (C=O) groups is 2. The number of rotatable bonds is 37. The fourth-order valence-electron chi connectivity index (χ4n) is 5.37. The molecule has 0 rings (SSSR count). The number of esters is 2. The molecule has 0 aromatic rings. The molecule has 0 aromatic heterocycles. The van der Waals surface area contributed by atoms with Crippen LogP contribution in [0, 0.1) is 0 Å². The Kier molecular flexibility index (Phi) is 35.2. The number of hydrogen-bond acceptors (Lipinski definition) is 8. The fourth-order valence-corrected chi connectivity index (χ4v) is 6.13. The largest absolute Gasteiger partial charge is 0.472 e. The molecule has 0 aliphatic heterocycles. The van der Waals surface area contributed by atoms with E-state index in [9.17, 15) is 19.0 Å². The first-order valence-electron chi connectivity index (χ1n) is 19.8. The molecule has 0 heterocycles. The van der Waals surface area contributed by atoms with Crippen molar-refractivity contribution in [1.29, 1.82) is 0 Å². The van der Waals surface area contributed by atoms with E-state index in [0.717, 1.165) is 44.9 Å². The highest BCUT2D eigenvalue weighted by Crippen LogP contribution is 2.43. The van der Waals surface area contributed by atoms with Crippen molar-refractivity contribution in [3.8, 4) is 0 Å². The molecule has 0 fully saturated rings. The summed E-state index contributed by atoms with van der Waals surface area (Å²) < 4.78 is 32.6. The maximum Gasteiger partial charge on any atom is 0.472 e. The van der Waals surface area contributed by atoms with E-state index in [-0.39, 0.29) is 38.6 Å². The van der Waals surface area contributed by atoms with Crippen molar-refractivity contribution in [2.75, 3.05) is 26.4 Å². The lowest BCUT2D eigenvalue weighted by atomic mass is 10.1. The standard InChI is InChI=1S/C39H74NO8P/c1-3-5-7-9-11-13-14-15-16-17-18-19-20-21-22-24-25-27-29-31-38(41)45-35-37(36-47-49(43,44)46-34-33-40)48-39(42)32-30-28-26-23-12-10-8-6-4-2/h11,13,15-16,37H,3-10,12,14,17-36,40H2,1-2H3,(H,43,44)/b13-11+,16-15+/t37-/m0/s1. The summed E-state index contributed by atoms with van der Waals surface area (Å²) in [5.74, 6) is -0.833. The maximum atomic E-state index is 12.5. The summed E-state index contributed by atoms with van der Waals surface area (Å²) in [5, 5.41) is 0. The van der Waals surface area contributed by atoms with Gasteiger partial charge in [0.2, 0.25) is 0 Å². The minimum atomic E-state index is -4.36. The number of unbranched alkanes of at least 4 members (excludes halogenated alkanes) is 20. The molecule has 0 aliphatic carbocycles. The summed E-state index contributed by atoms with van der Waals surface area (Å²) in [6, 6.07) is 0. The average molecular weight is 716 g/mol. The number of carbonyl (C=O) groups excluding carboxylic acids is 2. The van der Waals surface area contributed by atoms with Crippen molar-refractivity contribution in [2.45, 2.75) is 187 Å². The molecule has 0 aliphatic rings. The lowest BCUT2D eigenvalue weighted by Gasteiger charge is -2.19. The van der Waals surface area contributed by atoms with Crippen LogP contribution < -0.4 is 5.73 Å². The number of ether oxygens (including phenoxy) is 2. The van der Waals surface area contributed by atoms with Crippen LogP contribution in [0.15, 0.2) is 24.3 Å². The van der Waals surface area contributed by atoms with Crippen LogP contribution in [0.4, 0.5) is 0 Å². The van der Waals surface area contributed by atoms with Gasteiger partial charge in [-0.3, -0.25) is 18.6 Å². The summed E-state index contributed by atoms with van der Waals surface area (Å²) in [7, 11) is -4.36. The van der Waals surface area contributed by atoms with Gasteiger partial charge in [-0.2, -0.15) is 0 Å². The summed E-state index contributed by atoms with van der Waals surface area (Å²) >= 11 is 0. The van der Waals surface area contributed by atoms with Crippen molar-refractivity contribution in [2.24, 2.45) is 5.73 Å². The Morgan fingerprint density at radius 1 is 0.612 bits per heavy atom. The predicted molar refractivity (Wildman–Crippen MR) is 201 cm³/mol. The quantitative estimate of drug-likeness (QED) is 0.0279. The molecule has 0 saturated carbocycles. The number of hydrogen-bond donors (Lipinski definition) is 2. The van der Waals surface area contributed by atoms with Crippen LogP contribution in [0.25, 0.3) is 0 Å². The lowest BCUT2D eigenvalue weighted by Crippen LogP contribution is -2.29. The van der Waals surface area contributed by atoms with E-state index in [4.69, 9.17) is 24.3 Å². The Morgan fingerprint density at radius 3 is 1.59 bits per heavy atom. The van der Waals surface area contributed by atoms with Crippen molar-refractivity contribution in [1.82, 2.24) is 0 Å². The van der Waals surface area contributed by atoms with E-state index in [1.54, 1.807) is 0 Å². The second-order valence-corrected chi connectivity index (χ2v) is 14.6. The Labute approximate surface area is 300 Å². The number of phosphoric acid groups is 1. The molecule has 1 unspecified atom stereocenters. The molecule has 0 spiro atoms. The normalized spacial score (nSPS) is 13.6. The second kappa shape index (κ2) is 36.3. The highest BCUT2D eigenvalue weighted by molar-refractivity contribution is 7.47. The van der Waals surface area contributed by atoms with Crippen LogP contribution in [0.2, 0.25) is 0 Å². The molecule has 288 valence electrons. The van der Waals surface area contributed by atoms with Crippen molar-refractivity contribution in [3.63, 3.8) is 0 Å². The van der Waals surface area contributed by atoms with Crippen molar-refractivity contribution >= 4 is 19.8 Å². The van der Waals surface area contributed by atoms with Gasteiger partial charge in [0.05, 0.1) is 13.2 Å². The Bertz CT molecular complexity index is 866. The molecule has 9 nitrogen and oxygen atoms in total. The van der Waals surface area contributed by atoms with E-state index in [2.05, 4.69) is 38.2 Å². The highest BCUT2D eigenvalue weighted by atomic mass is 31.2. The first kappa shape index (κ1) is 47.5. The summed E-state index contributed by atoms with van der Waals surface area (Å²) in [6.45, 7) is 3.68. The van der Waals surface area contributed by atoms with Gasteiger partial charge in [-0.05, 0) is 44.9 Å². The zero-order chi connectivity index (χ0) is 36.1. The van der Waals surface area contributed by atoms with Gasteiger partial charge in [-0.15, -0.1) is 0 Å². The van der Waals surface area contributed by atoms with Crippen LogP contribution in [0.1, 0.15) is 181 Å². The van der Waals surface area contributed by atoms with E-state index in [1.807, 2.05) is 0 Å². The smallest absolute Gasteiger partial charge is 0.462 e. The summed E-state index contributed by atoms with van der Waals surface area (Å²) in [5.41, 5.74) is 5.33. The monoisotopic (exact) mass is 716 g/mol. The van der Waals surface area contributed by atoms with Gasteiger partial charge in [0.1, 0.15) is 6.61 Å². The highest BCUT2D eigenvalue weighted by Gasteiger charge is 2.25. The molecule has 2 atom stereocenters. The van der Waals surface area contributed by atoms with Crippen molar-refractivity contribution in [3.05, 3.63) is 24.3 Å². The third kappa shape index (κ3) is 36.1. The zero-order valence-corrected chi connectivity index (χ0v) is 32.3. The van der Waals surface area contributed by atoms with Gasteiger partial charge in [-0.1, -0.05) is 147 Å². The molecular weight excluding hydrogens is 641 g/mol. The van der Waals surface area contributed by atoms with Crippen LogP contribution >= 0.6 is 7.82 Å². The van der Waals surface area contributed by atoms with Crippen LogP contribution in [0.3, 0.4) is 0 Å². The molecule has 0 amide bonds. The number of allylic oxidation sites excluding steroid dienone is 4. The molecule has 3 N–H and O–H groups in total. The van der Waals surface area contributed by atoms with Crippen LogP contribution in [0.5, 0.6) is 0 Å². The molecule has 10 heteroatoms. The molecule has 0 radical (unpaired) electrons. The third-order valence-corrected chi connectivity index (χ3v) is 9.32. The minimum Gasteiger partial charge on any atom is -0.462 e. The molecule has 0 saturated heterocycles. The van der Waals surface area contributed by atoms with Gasteiger partial charge in [0.25, 0.3) is 0 Å². The van der Waals surface area contributed by atoms with Gasteiger partial charge in [0.15, 0.2) is 6.10 Å².